The van der Waals surface area contributed by atoms with Gasteiger partial charge in [0.15, 0.2) is 0 Å². The van der Waals surface area contributed by atoms with Crippen LogP contribution in [0.25, 0.3) is 10.9 Å². The summed E-state index contributed by atoms with van der Waals surface area (Å²) in [5, 5.41) is 3.50. The van der Waals surface area contributed by atoms with Crippen molar-refractivity contribution in [1.82, 2.24) is 9.55 Å². The molecule has 0 unspecified atom stereocenters. The molecule has 27 heavy (non-hydrogen) atoms. The molecule has 6 nitrogen and oxygen atoms in total. The fraction of sp³-hybridized carbons (Fsp3) is 0.286. The van der Waals surface area contributed by atoms with Crippen molar-refractivity contribution in [2.24, 2.45) is 0 Å². The average molecular weight is 363 g/mol. The minimum Gasteiger partial charge on any atom is -0.495 e. The van der Waals surface area contributed by atoms with Gasteiger partial charge in [-0.25, -0.2) is 4.98 Å². The van der Waals surface area contributed by atoms with Gasteiger partial charge in [-0.1, -0.05) is 24.3 Å². The van der Waals surface area contributed by atoms with E-state index < -0.39 is 0 Å². The Morgan fingerprint density at radius 3 is 2.70 bits per heavy atom. The molecule has 1 aromatic heterocycles. The first-order chi connectivity index (χ1) is 13.2. The number of para-hydroxylation sites is 3. The van der Waals surface area contributed by atoms with E-state index in [4.69, 9.17) is 4.74 Å². The molecule has 1 heterocycles. The number of ether oxygens (including phenoxy) is 1. The van der Waals surface area contributed by atoms with Crippen LogP contribution in [0.5, 0.6) is 5.75 Å². The summed E-state index contributed by atoms with van der Waals surface area (Å²) in [5.41, 5.74) is 1.30. The molecular weight excluding hydrogens is 342 g/mol. The molecule has 1 fully saturated rings. The first-order valence-corrected chi connectivity index (χ1v) is 9.10. The smallest absolute Gasteiger partial charge is 0.261 e. The van der Waals surface area contributed by atoms with Crippen LogP contribution in [0.2, 0.25) is 0 Å². The highest BCUT2D eigenvalue weighted by molar-refractivity contribution is 5.92. The Labute approximate surface area is 156 Å². The molecule has 6 heteroatoms. The predicted octanol–water partition coefficient (Wildman–Crippen LogP) is 3.31. The van der Waals surface area contributed by atoms with Gasteiger partial charge in [0.1, 0.15) is 11.6 Å². The number of carbonyl (C=O) groups excluding carboxylic acids is 1. The number of aryl methyl sites for hydroxylation is 1. The Bertz CT molecular complexity index is 1050. The summed E-state index contributed by atoms with van der Waals surface area (Å²) in [6, 6.07) is 14.9. The number of hydrogen-bond acceptors (Lipinski definition) is 4. The SMILES string of the molecule is COc1ccccc1NC(=O)CCc1nc2ccccc2c(=O)n1C1CC1. The Morgan fingerprint density at radius 1 is 1.19 bits per heavy atom. The van der Waals surface area contributed by atoms with E-state index in [9.17, 15) is 9.59 Å². The summed E-state index contributed by atoms with van der Waals surface area (Å²) in [4.78, 5) is 29.9. The zero-order chi connectivity index (χ0) is 18.8. The number of hydrogen-bond donors (Lipinski definition) is 1. The van der Waals surface area contributed by atoms with Crippen LogP contribution in [-0.4, -0.2) is 22.6 Å². The van der Waals surface area contributed by atoms with E-state index in [-0.39, 0.29) is 23.9 Å². The van der Waals surface area contributed by atoms with Gasteiger partial charge in [0.2, 0.25) is 5.91 Å². The zero-order valence-electron chi connectivity index (χ0n) is 15.1. The number of methoxy groups -OCH3 is 1. The van der Waals surface area contributed by atoms with E-state index in [1.165, 1.54) is 0 Å². The summed E-state index contributed by atoms with van der Waals surface area (Å²) in [6.07, 6.45) is 2.63. The lowest BCUT2D eigenvalue weighted by atomic mass is 10.2. The normalized spacial score (nSPS) is 13.5. The monoisotopic (exact) mass is 363 g/mol. The summed E-state index contributed by atoms with van der Waals surface area (Å²) in [5.74, 6) is 1.16. The average Bonchev–Trinajstić information content (AvgIpc) is 3.52. The van der Waals surface area contributed by atoms with Gasteiger partial charge in [0.25, 0.3) is 5.56 Å². The number of nitrogens with one attached hydrogen (secondary N) is 1. The molecule has 138 valence electrons. The summed E-state index contributed by atoms with van der Waals surface area (Å²) < 4.78 is 7.04. The largest absolute Gasteiger partial charge is 0.495 e. The number of aromatic nitrogens is 2. The van der Waals surface area contributed by atoms with Crippen LogP contribution in [0.1, 0.15) is 31.1 Å². The Kier molecular flexibility index (Phi) is 4.62. The van der Waals surface area contributed by atoms with E-state index in [1.54, 1.807) is 23.8 Å². The molecule has 4 rings (SSSR count). The van der Waals surface area contributed by atoms with E-state index in [2.05, 4.69) is 10.3 Å². The molecule has 0 bridgehead atoms. The molecule has 1 aliphatic carbocycles. The first-order valence-electron chi connectivity index (χ1n) is 9.10. The zero-order valence-corrected chi connectivity index (χ0v) is 15.1. The quantitative estimate of drug-likeness (QED) is 0.729. The van der Waals surface area contributed by atoms with Crippen molar-refractivity contribution >= 4 is 22.5 Å². The number of nitrogens with zero attached hydrogens (tertiary/aromatic N) is 2. The molecule has 1 N–H and O–H groups in total. The third-order valence-corrected chi connectivity index (χ3v) is 4.75. The number of anilines is 1. The van der Waals surface area contributed by atoms with Crippen LogP contribution < -0.4 is 15.6 Å². The third-order valence-electron chi connectivity index (χ3n) is 4.75. The topological polar surface area (TPSA) is 73.2 Å². The van der Waals surface area contributed by atoms with Crippen molar-refractivity contribution in [3.05, 3.63) is 64.7 Å². The molecule has 0 atom stereocenters. The Hall–Kier alpha value is -3.15. The summed E-state index contributed by atoms with van der Waals surface area (Å²) in [7, 11) is 1.57. The minimum atomic E-state index is -0.135. The van der Waals surface area contributed by atoms with Gasteiger partial charge < -0.3 is 10.1 Å². The Morgan fingerprint density at radius 2 is 1.93 bits per heavy atom. The highest BCUT2D eigenvalue weighted by atomic mass is 16.5. The second kappa shape index (κ2) is 7.23. The van der Waals surface area contributed by atoms with Gasteiger partial charge >= 0.3 is 0 Å². The highest BCUT2D eigenvalue weighted by Gasteiger charge is 2.28. The lowest BCUT2D eigenvalue weighted by Crippen LogP contribution is -2.25. The second-order valence-electron chi connectivity index (χ2n) is 6.70. The standard InChI is InChI=1S/C21H21N3O3/c1-27-18-9-5-4-8-17(18)23-20(25)13-12-19-22-16-7-3-2-6-15(16)21(26)24(19)14-10-11-14/h2-9,14H,10-13H2,1H3,(H,23,25). The van der Waals surface area contributed by atoms with E-state index in [0.29, 0.717) is 34.6 Å². The summed E-state index contributed by atoms with van der Waals surface area (Å²) in [6.45, 7) is 0. The molecule has 3 aromatic rings. The number of benzene rings is 2. The molecule has 1 aliphatic rings. The van der Waals surface area contributed by atoms with Crippen LogP contribution >= 0.6 is 0 Å². The van der Waals surface area contributed by atoms with Gasteiger partial charge in [-0.3, -0.25) is 14.2 Å². The highest BCUT2D eigenvalue weighted by Crippen LogP contribution is 2.35. The molecule has 1 saturated carbocycles. The number of carbonyl (C=O) groups is 1. The molecule has 0 saturated heterocycles. The maximum Gasteiger partial charge on any atom is 0.261 e. The van der Waals surface area contributed by atoms with Crippen molar-refractivity contribution in [3.63, 3.8) is 0 Å². The van der Waals surface area contributed by atoms with Crippen molar-refractivity contribution in [2.45, 2.75) is 31.7 Å². The number of fused-ring (bicyclic) bond motifs is 1. The van der Waals surface area contributed by atoms with Crippen LogP contribution in [0, 0.1) is 0 Å². The molecule has 2 aromatic carbocycles. The van der Waals surface area contributed by atoms with E-state index in [1.807, 2.05) is 36.4 Å². The predicted molar refractivity (Wildman–Crippen MR) is 104 cm³/mol. The molecule has 0 aliphatic heterocycles. The maximum absolute atomic E-state index is 12.9. The third kappa shape index (κ3) is 3.56. The van der Waals surface area contributed by atoms with Crippen LogP contribution in [0.3, 0.4) is 0 Å². The maximum atomic E-state index is 12.9. The van der Waals surface area contributed by atoms with E-state index >= 15 is 0 Å². The number of rotatable bonds is 6. The van der Waals surface area contributed by atoms with Crippen molar-refractivity contribution in [1.29, 1.82) is 0 Å². The summed E-state index contributed by atoms with van der Waals surface area (Å²) >= 11 is 0. The van der Waals surface area contributed by atoms with Gasteiger partial charge in [0, 0.05) is 18.9 Å². The minimum absolute atomic E-state index is 0.0109. The van der Waals surface area contributed by atoms with Gasteiger partial charge in [-0.05, 0) is 37.1 Å². The van der Waals surface area contributed by atoms with Crippen molar-refractivity contribution < 1.29 is 9.53 Å². The van der Waals surface area contributed by atoms with Crippen LogP contribution in [-0.2, 0) is 11.2 Å². The van der Waals surface area contributed by atoms with Crippen LogP contribution in [0.15, 0.2) is 53.3 Å². The van der Waals surface area contributed by atoms with Crippen molar-refractivity contribution in [3.8, 4) is 5.75 Å². The van der Waals surface area contributed by atoms with Gasteiger partial charge in [-0.15, -0.1) is 0 Å². The van der Waals surface area contributed by atoms with E-state index in [0.717, 1.165) is 12.8 Å². The van der Waals surface area contributed by atoms with Gasteiger partial charge in [-0.2, -0.15) is 0 Å². The molecule has 0 spiro atoms. The lowest BCUT2D eigenvalue weighted by molar-refractivity contribution is -0.116. The fourth-order valence-corrected chi connectivity index (χ4v) is 3.26. The van der Waals surface area contributed by atoms with Crippen molar-refractivity contribution in [2.75, 3.05) is 12.4 Å². The second-order valence-corrected chi connectivity index (χ2v) is 6.70. The van der Waals surface area contributed by atoms with Gasteiger partial charge in [0.05, 0.1) is 23.7 Å². The first kappa shape index (κ1) is 17.3. The fourth-order valence-electron chi connectivity index (χ4n) is 3.26. The lowest BCUT2D eigenvalue weighted by Gasteiger charge is -2.13. The molecular formula is C21H21N3O3. The van der Waals surface area contributed by atoms with Crippen LogP contribution in [0.4, 0.5) is 5.69 Å². The Balaban J connectivity index is 1.56. The number of amides is 1. The molecule has 0 radical (unpaired) electrons. The molecule has 1 amide bonds.